The molecule has 2 rings (SSSR count). The number of nitrogens with zero attached hydrogens (tertiary/aromatic N) is 2. The highest BCUT2D eigenvalue weighted by Crippen LogP contribution is 2.40. The van der Waals surface area contributed by atoms with Crippen molar-refractivity contribution in [2.24, 2.45) is 0 Å². The lowest BCUT2D eigenvalue weighted by molar-refractivity contribution is 1.31. The van der Waals surface area contributed by atoms with Crippen LogP contribution in [0, 0.1) is 0 Å². The van der Waals surface area contributed by atoms with Crippen LogP contribution >= 0.6 is 69.6 Å². The van der Waals surface area contributed by atoms with Gasteiger partial charge in [0.2, 0.25) is 0 Å². The second-order valence-electron chi connectivity index (χ2n) is 3.19. The molecule has 0 saturated carbocycles. The van der Waals surface area contributed by atoms with E-state index in [-0.39, 0.29) is 30.7 Å². The van der Waals surface area contributed by atoms with Gasteiger partial charge in [0.1, 0.15) is 20.6 Å². The molecule has 0 unspecified atom stereocenters. The molecule has 0 aliphatic rings. The molecule has 2 aromatic heterocycles. The molecule has 18 heavy (non-hydrogen) atoms. The monoisotopic (exact) mass is 360 g/mol. The van der Waals surface area contributed by atoms with E-state index in [0.29, 0.717) is 11.1 Å². The van der Waals surface area contributed by atoms with Gasteiger partial charge in [-0.1, -0.05) is 69.6 Å². The zero-order valence-corrected chi connectivity index (χ0v) is 12.9. The molecule has 0 amide bonds. The maximum Gasteiger partial charge on any atom is 0.150 e. The molecular weight excluding hydrogens is 361 g/mol. The minimum Gasteiger partial charge on any atom is -0.223 e. The average molecular weight is 363 g/mol. The summed E-state index contributed by atoms with van der Waals surface area (Å²) in [7, 11) is 0. The Hall–Kier alpha value is 0.0400. The highest BCUT2D eigenvalue weighted by Gasteiger charge is 2.16. The van der Waals surface area contributed by atoms with Crippen LogP contribution in [0.1, 0.15) is 0 Å². The molecule has 0 saturated heterocycles. The Bertz CT molecular complexity index is 573. The predicted molar refractivity (Wildman–Crippen MR) is 77.5 cm³/mol. The molecule has 2 aromatic rings. The topological polar surface area (TPSA) is 25.8 Å². The summed E-state index contributed by atoms with van der Waals surface area (Å²) < 4.78 is 0. The fraction of sp³-hybridized carbons (Fsp3) is 0. The van der Waals surface area contributed by atoms with Crippen molar-refractivity contribution in [1.82, 2.24) is 9.97 Å². The van der Waals surface area contributed by atoms with Crippen LogP contribution in [-0.4, -0.2) is 9.97 Å². The summed E-state index contributed by atoms with van der Waals surface area (Å²) in [6.45, 7) is 0. The van der Waals surface area contributed by atoms with E-state index in [1.54, 1.807) is 0 Å². The van der Waals surface area contributed by atoms with Crippen LogP contribution < -0.4 is 0 Å². The van der Waals surface area contributed by atoms with Gasteiger partial charge in [-0.25, -0.2) is 9.97 Å². The Morgan fingerprint density at radius 2 is 0.944 bits per heavy atom. The first-order chi connectivity index (χ1) is 8.40. The third-order valence-electron chi connectivity index (χ3n) is 2.06. The number of pyridine rings is 2. The van der Waals surface area contributed by atoms with E-state index in [1.807, 2.05) is 0 Å². The Kier molecular flexibility index (Phi) is 4.48. The highest BCUT2D eigenvalue weighted by molar-refractivity contribution is 6.46. The van der Waals surface area contributed by atoms with E-state index in [2.05, 4.69) is 9.97 Å². The van der Waals surface area contributed by atoms with Gasteiger partial charge in [0.25, 0.3) is 0 Å². The first kappa shape index (κ1) is 14.4. The van der Waals surface area contributed by atoms with E-state index < -0.39 is 0 Å². The maximum absolute atomic E-state index is 6.06. The average Bonchev–Trinajstić information content (AvgIpc) is 2.28. The molecule has 0 fully saturated rings. The Balaban J connectivity index is 2.77. The summed E-state index contributed by atoms with van der Waals surface area (Å²) in [5, 5.41) is 0.917. The molecule has 0 aromatic carbocycles. The van der Waals surface area contributed by atoms with Crippen LogP contribution in [0.5, 0.6) is 0 Å². The van der Waals surface area contributed by atoms with E-state index in [9.17, 15) is 0 Å². The lowest BCUT2D eigenvalue weighted by Crippen LogP contribution is -1.89. The van der Waals surface area contributed by atoms with E-state index in [4.69, 9.17) is 69.6 Å². The second-order valence-corrected chi connectivity index (χ2v) is 5.44. The molecule has 0 radical (unpaired) electrons. The van der Waals surface area contributed by atoms with Gasteiger partial charge in [0, 0.05) is 11.1 Å². The molecule has 2 nitrogen and oxygen atoms in total. The first-order valence-corrected chi connectivity index (χ1v) is 6.70. The third-order valence-corrected chi connectivity index (χ3v) is 3.96. The van der Waals surface area contributed by atoms with Crippen molar-refractivity contribution in [3.8, 4) is 11.1 Å². The maximum atomic E-state index is 6.06. The van der Waals surface area contributed by atoms with Crippen LogP contribution in [0.4, 0.5) is 0 Å². The summed E-state index contributed by atoms with van der Waals surface area (Å²) in [5.74, 6) is 0. The van der Waals surface area contributed by atoms with Crippen molar-refractivity contribution in [2.45, 2.75) is 0 Å². The second kappa shape index (κ2) is 5.58. The van der Waals surface area contributed by atoms with Gasteiger partial charge in [0.05, 0.1) is 10.0 Å². The Morgan fingerprint density at radius 1 is 0.611 bits per heavy atom. The minimum absolute atomic E-state index is 0.0688. The van der Waals surface area contributed by atoms with Crippen molar-refractivity contribution < 1.29 is 0 Å². The van der Waals surface area contributed by atoms with E-state index >= 15 is 0 Å². The molecule has 0 N–H and O–H groups in total. The van der Waals surface area contributed by atoms with Crippen molar-refractivity contribution in [1.29, 1.82) is 0 Å². The molecular formula is C10H2Cl6N2. The van der Waals surface area contributed by atoms with Crippen LogP contribution in [0.25, 0.3) is 11.1 Å². The third kappa shape index (κ3) is 2.79. The van der Waals surface area contributed by atoms with Gasteiger partial charge in [-0.3, -0.25) is 0 Å². The largest absolute Gasteiger partial charge is 0.223 e. The van der Waals surface area contributed by atoms with Gasteiger partial charge >= 0.3 is 0 Å². The van der Waals surface area contributed by atoms with Gasteiger partial charge in [0.15, 0.2) is 0 Å². The zero-order valence-electron chi connectivity index (χ0n) is 8.32. The van der Waals surface area contributed by atoms with Crippen LogP contribution in [-0.2, 0) is 0 Å². The molecule has 0 aliphatic carbocycles. The summed E-state index contributed by atoms with van der Waals surface area (Å²) in [6.07, 6.45) is 0. The van der Waals surface area contributed by atoms with Crippen LogP contribution in [0.3, 0.4) is 0 Å². The van der Waals surface area contributed by atoms with Crippen LogP contribution in [0.15, 0.2) is 12.1 Å². The smallest absolute Gasteiger partial charge is 0.150 e. The number of rotatable bonds is 1. The quantitative estimate of drug-likeness (QED) is 0.576. The zero-order chi connectivity index (χ0) is 13.4. The van der Waals surface area contributed by atoms with Gasteiger partial charge < -0.3 is 0 Å². The van der Waals surface area contributed by atoms with Gasteiger partial charge in [-0.15, -0.1) is 0 Å². The minimum atomic E-state index is 0.0688. The fourth-order valence-corrected chi connectivity index (χ4v) is 2.59. The van der Waals surface area contributed by atoms with Gasteiger partial charge in [-0.05, 0) is 12.1 Å². The number of hydrogen-bond donors (Lipinski definition) is 0. The molecule has 8 heteroatoms. The Morgan fingerprint density at radius 3 is 1.28 bits per heavy atom. The summed E-state index contributed by atoms with van der Waals surface area (Å²) >= 11 is 35.5. The number of aromatic nitrogens is 2. The first-order valence-electron chi connectivity index (χ1n) is 4.43. The summed E-state index contributed by atoms with van der Waals surface area (Å²) in [4.78, 5) is 7.62. The fourth-order valence-electron chi connectivity index (χ4n) is 1.33. The SMILES string of the molecule is Clc1cc(-c2cc(Cl)nc(Cl)c2Cl)c(Cl)c(Cl)n1. The normalized spacial score (nSPS) is 10.8. The summed E-state index contributed by atoms with van der Waals surface area (Å²) in [5.41, 5.74) is 0.968. The molecule has 0 bridgehead atoms. The molecule has 2 heterocycles. The predicted octanol–water partition coefficient (Wildman–Crippen LogP) is 6.06. The Labute approximate surface area is 133 Å². The molecule has 0 atom stereocenters. The number of hydrogen-bond acceptors (Lipinski definition) is 2. The van der Waals surface area contributed by atoms with Crippen molar-refractivity contribution in [3.63, 3.8) is 0 Å². The standard InChI is InChI=1S/C10H2Cl6N2/c11-5-1-3(7(13)9(15)17-5)4-2-6(12)18-10(16)8(4)14/h1-2H. The van der Waals surface area contributed by atoms with Crippen molar-refractivity contribution >= 4 is 69.6 Å². The van der Waals surface area contributed by atoms with E-state index in [0.717, 1.165) is 0 Å². The molecule has 0 aliphatic heterocycles. The van der Waals surface area contributed by atoms with Crippen molar-refractivity contribution in [2.75, 3.05) is 0 Å². The molecule has 94 valence electrons. The molecule has 0 spiro atoms. The lowest BCUT2D eigenvalue weighted by Gasteiger charge is -2.09. The van der Waals surface area contributed by atoms with Crippen molar-refractivity contribution in [3.05, 3.63) is 42.8 Å². The van der Waals surface area contributed by atoms with E-state index in [1.165, 1.54) is 12.1 Å². The number of halogens is 6. The lowest BCUT2D eigenvalue weighted by atomic mass is 10.1. The summed E-state index contributed by atoms with van der Waals surface area (Å²) in [6, 6.07) is 3.04. The highest BCUT2D eigenvalue weighted by atomic mass is 35.5. The van der Waals surface area contributed by atoms with Crippen LogP contribution in [0.2, 0.25) is 30.7 Å². The van der Waals surface area contributed by atoms with Gasteiger partial charge in [-0.2, -0.15) is 0 Å².